The number of benzene rings is 2. The zero-order valence-electron chi connectivity index (χ0n) is 15.1. The predicted molar refractivity (Wildman–Crippen MR) is 102 cm³/mol. The molecule has 1 aromatic heterocycles. The molecule has 7 heteroatoms. The molecular formula is C20H20N5O2+. The van der Waals surface area contributed by atoms with Crippen molar-refractivity contribution < 1.29 is 9.69 Å². The summed E-state index contributed by atoms with van der Waals surface area (Å²) in [5.74, 6) is 0.384. The summed E-state index contributed by atoms with van der Waals surface area (Å²) < 4.78 is 0. The third kappa shape index (κ3) is 4.19. The Kier molecular flexibility index (Phi) is 5.29. The van der Waals surface area contributed by atoms with Crippen LogP contribution in [0.3, 0.4) is 0 Å². The van der Waals surface area contributed by atoms with E-state index < -0.39 is 0 Å². The molecule has 3 N–H and O–H groups in total. The van der Waals surface area contributed by atoms with E-state index in [-0.39, 0.29) is 17.5 Å². The molecule has 1 heterocycles. The summed E-state index contributed by atoms with van der Waals surface area (Å²) in [6.45, 7) is 2.22. The molecule has 3 aromatic rings. The lowest BCUT2D eigenvalue weighted by molar-refractivity contribution is -0.908. The van der Waals surface area contributed by atoms with Gasteiger partial charge in [-0.25, -0.2) is 4.98 Å². The van der Waals surface area contributed by atoms with Gasteiger partial charge in [-0.2, -0.15) is 5.26 Å². The Morgan fingerprint density at radius 3 is 2.67 bits per heavy atom. The van der Waals surface area contributed by atoms with E-state index in [1.54, 1.807) is 42.5 Å². The van der Waals surface area contributed by atoms with Crippen molar-refractivity contribution in [3.63, 3.8) is 0 Å². The van der Waals surface area contributed by atoms with Crippen LogP contribution < -0.4 is 15.8 Å². The fraction of sp³-hybridized carbons (Fsp3) is 0.200. The number of nitriles is 1. The topological polar surface area (TPSA) is 103 Å². The molecule has 0 aliphatic carbocycles. The van der Waals surface area contributed by atoms with Crippen molar-refractivity contribution in [2.75, 3.05) is 12.4 Å². The van der Waals surface area contributed by atoms with Crippen LogP contribution in [-0.4, -0.2) is 29.0 Å². The van der Waals surface area contributed by atoms with Crippen LogP contribution in [0.25, 0.3) is 10.9 Å². The van der Waals surface area contributed by atoms with Gasteiger partial charge in [0.05, 0.1) is 29.6 Å². The van der Waals surface area contributed by atoms with Crippen LogP contribution in [0.2, 0.25) is 0 Å². The Morgan fingerprint density at radius 1 is 1.26 bits per heavy atom. The number of aromatic amines is 1. The summed E-state index contributed by atoms with van der Waals surface area (Å²) in [4.78, 5) is 32.8. The molecule has 2 atom stereocenters. The van der Waals surface area contributed by atoms with Gasteiger partial charge < -0.3 is 15.2 Å². The molecule has 0 spiro atoms. The number of fused-ring (bicyclic) bond motifs is 1. The number of quaternary nitrogens is 1. The molecule has 0 saturated carbocycles. The Bertz CT molecular complexity index is 1070. The smallest absolute Gasteiger partial charge is 0.282 e. The number of rotatable bonds is 5. The average Bonchev–Trinajstić information content (AvgIpc) is 2.68. The Balaban J connectivity index is 1.69. The maximum absolute atomic E-state index is 12.5. The first-order chi connectivity index (χ1) is 13.0. The highest BCUT2D eigenvalue weighted by Crippen LogP contribution is 2.09. The summed E-state index contributed by atoms with van der Waals surface area (Å²) >= 11 is 0. The number of H-pyrrole nitrogens is 1. The quantitative estimate of drug-likeness (QED) is 0.626. The van der Waals surface area contributed by atoms with Gasteiger partial charge >= 0.3 is 0 Å². The maximum atomic E-state index is 12.5. The molecule has 0 saturated heterocycles. The highest BCUT2D eigenvalue weighted by Gasteiger charge is 2.23. The van der Waals surface area contributed by atoms with Crippen LogP contribution in [0.1, 0.15) is 18.3 Å². The summed E-state index contributed by atoms with van der Waals surface area (Å²) in [6, 6.07) is 15.5. The molecule has 3 rings (SSSR count). The molecule has 0 aliphatic heterocycles. The van der Waals surface area contributed by atoms with Crippen molar-refractivity contribution in [3.05, 3.63) is 70.3 Å². The number of amides is 1. The maximum Gasteiger partial charge on any atom is 0.282 e. The van der Waals surface area contributed by atoms with Gasteiger partial charge in [-0.05, 0) is 43.3 Å². The van der Waals surface area contributed by atoms with Crippen molar-refractivity contribution in [2.45, 2.75) is 19.5 Å². The molecule has 2 aromatic carbocycles. The molecule has 0 aliphatic rings. The summed E-state index contributed by atoms with van der Waals surface area (Å²) in [7, 11) is 1.87. The average molecular weight is 362 g/mol. The van der Waals surface area contributed by atoms with Gasteiger partial charge in [0.1, 0.15) is 6.54 Å². The van der Waals surface area contributed by atoms with E-state index in [9.17, 15) is 9.59 Å². The number of aromatic nitrogens is 2. The second-order valence-electron chi connectivity index (χ2n) is 6.45. The predicted octanol–water partition coefficient (Wildman–Crippen LogP) is 0.837. The van der Waals surface area contributed by atoms with Gasteiger partial charge in [0.15, 0.2) is 11.9 Å². The molecular weight excluding hydrogens is 342 g/mol. The van der Waals surface area contributed by atoms with Crippen LogP contribution in [0.5, 0.6) is 0 Å². The number of anilines is 1. The van der Waals surface area contributed by atoms with Crippen molar-refractivity contribution in [1.29, 1.82) is 5.26 Å². The molecule has 0 bridgehead atoms. The zero-order valence-corrected chi connectivity index (χ0v) is 15.1. The van der Waals surface area contributed by atoms with Gasteiger partial charge in [-0.15, -0.1) is 0 Å². The first-order valence-corrected chi connectivity index (χ1v) is 8.59. The minimum absolute atomic E-state index is 0.152. The largest absolute Gasteiger partial charge is 0.321 e. The molecule has 136 valence electrons. The minimum Gasteiger partial charge on any atom is -0.321 e. The van der Waals surface area contributed by atoms with Crippen LogP contribution in [-0.2, 0) is 11.3 Å². The van der Waals surface area contributed by atoms with Crippen molar-refractivity contribution in [3.8, 4) is 6.07 Å². The third-order valence-electron chi connectivity index (χ3n) is 4.52. The number of hydrogen-bond acceptors (Lipinski definition) is 4. The zero-order chi connectivity index (χ0) is 19.4. The second-order valence-corrected chi connectivity index (χ2v) is 6.45. The molecule has 0 radical (unpaired) electrons. The number of para-hydroxylation sites is 1. The number of likely N-dealkylation sites (N-methyl/N-ethyl adjacent to an activating group) is 1. The Labute approximate surface area is 156 Å². The van der Waals surface area contributed by atoms with E-state index in [1.807, 2.05) is 26.1 Å². The van der Waals surface area contributed by atoms with Crippen molar-refractivity contribution >= 4 is 22.5 Å². The Morgan fingerprint density at radius 2 is 1.96 bits per heavy atom. The van der Waals surface area contributed by atoms with Crippen LogP contribution in [0.4, 0.5) is 5.69 Å². The first kappa shape index (κ1) is 18.3. The van der Waals surface area contributed by atoms with E-state index in [0.717, 1.165) is 4.90 Å². The molecule has 1 amide bonds. The Hall–Kier alpha value is -3.50. The lowest BCUT2D eigenvalue weighted by atomic mass is 10.2. The van der Waals surface area contributed by atoms with Gasteiger partial charge in [0, 0.05) is 5.69 Å². The van der Waals surface area contributed by atoms with E-state index in [4.69, 9.17) is 5.26 Å². The highest BCUT2D eigenvalue weighted by atomic mass is 16.2. The second kappa shape index (κ2) is 7.81. The molecule has 0 fully saturated rings. The number of carbonyl (C=O) groups is 1. The summed E-state index contributed by atoms with van der Waals surface area (Å²) in [5, 5.41) is 12.2. The number of nitrogens with zero attached hydrogens (tertiary/aromatic N) is 2. The lowest BCUT2D eigenvalue weighted by Gasteiger charge is -2.20. The van der Waals surface area contributed by atoms with E-state index in [0.29, 0.717) is 34.5 Å². The van der Waals surface area contributed by atoms with Crippen LogP contribution in [0.15, 0.2) is 53.3 Å². The molecule has 27 heavy (non-hydrogen) atoms. The molecule has 7 nitrogen and oxygen atoms in total. The standard InChI is InChI=1S/C20H19N5O2/c1-13(19(26)22-15-9-7-14(11-21)8-10-15)25(2)12-18-23-17-6-4-3-5-16(17)20(27)24-18/h3-10,13H,12H2,1-2H3,(H,22,26)(H,23,24,27)/p+1/t13-/m0/s1. The number of nitrogens with one attached hydrogen (secondary N) is 3. The summed E-state index contributed by atoms with van der Waals surface area (Å²) in [5.41, 5.74) is 1.63. The number of hydrogen-bond donors (Lipinski definition) is 3. The van der Waals surface area contributed by atoms with Crippen LogP contribution >= 0.6 is 0 Å². The van der Waals surface area contributed by atoms with Gasteiger partial charge in [0.2, 0.25) is 0 Å². The van der Waals surface area contributed by atoms with E-state index in [1.165, 1.54) is 0 Å². The number of carbonyl (C=O) groups excluding carboxylic acids is 1. The summed E-state index contributed by atoms with van der Waals surface area (Å²) in [6.07, 6.45) is 0. The fourth-order valence-corrected chi connectivity index (χ4v) is 2.74. The molecule has 1 unspecified atom stereocenters. The van der Waals surface area contributed by atoms with E-state index >= 15 is 0 Å². The van der Waals surface area contributed by atoms with Crippen molar-refractivity contribution in [2.24, 2.45) is 0 Å². The minimum atomic E-state index is -0.364. The van der Waals surface area contributed by atoms with Gasteiger partial charge in [0.25, 0.3) is 11.5 Å². The monoisotopic (exact) mass is 362 g/mol. The van der Waals surface area contributed by atoms with Gasteiger partial charge in [-0.1, -0.05) is 12.1 Å². The SMILES string of the molecule is C[C@@H](C(=O)Nc1ccc(C#N)cc1)[NH+](C)Cc1nc2ccccc2c(=O)[nH]1. The van der Waals surface area contributed by atoms with Crippen LogP contribution in [0, 0.1) is 11.3 Å². The third-order valence-corrected chi connectivity index (χ3v) is 4.52. The highest BCUT2D eigenvalue weighted by molar-refractivity contribution is 5.93. The normalized spacial score (nSPS) is 12.9. The van der Waals surface area contributed by atoms with Crippen molar-refractivity contribution in [1.82, 2.24) is 9.97 Å². The lowest BCUT2D eigenvalue weighted by Crippen LogP contribution is -3.12. The fourth-order valence-electron chi connectivity index (χ4n) is 2.74. The van der Waals surface area contributed by atoms with E-state index in [2.05, 4.69) is 15.3 Å². The van der Waals surface area contributed by atoms with Gasteiger partial charge in [-0.3, -0.25) is 9.59 Å². The first-order valence-electron chi connectivity index (χ1n) is 8.59.